The summed E-state index contributed by atoms with van der Waals surface area (Å²) in [5, 5.41) is 6.54. The smallest absolute Gasteiger partial charge is 0.324 e. The van der Waals surface area contributed by atoms with Crippen molar-refractivity contribution in [2.24, 2.45) is 7.05 Å². The third-order valence-electron chi connectivity index (χ3n) is 3.01. The summed E-state index contributed by atoms with van der Waals surface area (Å²) >= 11 is 5.83. The molecule has 0 unspecified atom stereocenters. The fourth-order valence-corrected chi connectivity index (χ4v) is 2.15. The van der Waals surface area contributed by atoms with Gasteiger partial charge in [-0.25, -0.2) is 0 Å². The molecule has 0 bridgehead atoms. The van der Waals surface area contributed by atoms with Crippen LogP contribution in [0.4, 0.5) is 18.9 Å². The van der Waals surface area contributed by atoms with Gasteiger partial charge in [-0.05, 0) is 31.2 Å². The quantitative estimate of drug-likeness (QED) is 0.934. The van der Waals surface area contributed by atoms with Crippen LogP contribution in [0.15, 0.2) is 24.3 Å². The van der Waals surface area contributed by atoms with Crippen LogP contribution < -0.4 is 5.32 Å². The van der Waals surface area contributed by atoms with Crippen molar-refractivity contribution in [2.45, 2.75) is 19.5 Å². The summed E-state index contributed by atoms with van der Waals surface area (Å²) in [6.07, 6.45) is -4.51. The summed E-state index contributed by atoms with van der Waals surface area (Å²) < 4.78 is 39.6. The first-order valence-electron chi connectivity index (χ1n) is 6.33. The lowest BCUT2D eigenvalue weighted by molar-refractivity contribution is -0.137. The summed E-state index contributed by atoms with van der Waals surface area (Å²) in [6.45, 7) is 1.78. The molecule has 0 radical (unpaired) electrons. The third-order valence-corrected chi connectivity index (χ3v) is 3.34. The van der Waals surface area contributed by atoms with Crippen molar-refractivity contribution in [1.29, 1.82) is 0 Å². The number of nitrogens with one attached hydrogen (secondary N) is 1. The fraction of sp³-hybridized carbons (Fsp3) is 0.286. The lowest BCUT2D eigenvalue weighted by atomic mass is 10.2. The molecule has 118 valence electrons. The normalized spacial score (nSPS) is 11.5. The number of anilines is 1. The van der Waals surface area contributed by atoms with E-state index in [1.807, 2.05) is 0 Å². The van der Waals surface area contributed by atoms with Gasteiger partial charge in [-0.2, -0.15) is 18.3 Å². The van der Waals surface area contributed by atoms with E-state index in [4.69, 9.17) is 11.6 Å². The number of aromatic nitrogens is 2. The van der Waals surface area contributed by atoms with Gasteiger partial charge in [0.1, 0.15) is 0 Å². The van der Waals surface area contributed by atoms with Crippen molar-refractivity contribution >= 4 is 23.2 Å². The highest BCUT2D eigenvalue weighted by atomic mass is 35.5. The number of carbonyl (C=O) groups is 1. The number of hydrogen-bond acceptors (Lipinski definition) is 2. The molecule has 0 aliphatic carbocycles. The van der Waals surface area contributed by atoms with Crippen LogP contribution in [0.25, 0.3) is 0 Å². The van der Waals surface area contributed by atoms with E-state index in [0.717, 1.165) is 23.9 Å². The summed E-state index contributed by atoms with van der Waals surface area (Å²) in [4.78, 5) is 12.0. The largest absolute Gasteiger partial charge is 0.416 e. The topological polar surface area (TPSA) is 46.9 Å². The van der Waals surface area contributed by atoms with Crippen molar-refractivity contribution in [3.8, 4) is 0 Å². The third kappa shape index (κ3) is 3.79. The molecule has 1 aromatic carbocycles. The van der Waals surface area contributed by atoms with Gasteiger partial charge in [0, 0.05) is 12.7 Å². The van der Waals surface area contributed by atoms with Gasteiger partial charge in [0.25, 0.3) is 0 Å². The van der Waals surface area contributed by atoms with Gasteiger partial charge in [-0.15, -0.1) is 0 Å². The van der Waals surface area contributed by atoms with E-state index in [0.29, 0.717) is 5.69 Å². The van der Waals surface area contributed by atoms with Crippen LogP contribution in [0.2, 0.25) is 5.02 Å². The van der Waals surface area contributed by atoms with E-state index < -0.39 is 17.6 Å². The highest BCUT2D eigenvalue weighted by Gasteiger charge is 2.31. The lowest BCUT2D eigenvalue weighted by Crippen LogP contribution is -2.17. The zero-order chi connectivity index (χ0) is 16.5. The van der Waals surface area contributed by atoms with Crippen molar-refractivity contribution in [3.63, 3.8) is 0 Å². The Hall–Kier alpha value is -2.02. The zero-order valence-electron chi connectivity index (χ0n) is 11.8. The second kappa shape index (κ2) is 6.00. The highest BCUT2D eigenvalue weighted by Crippen LogP contribution is 2.33. The van der Waals surface area contributed by atoms with E-state index in [-0.39, 0.29) is 17.1 Å². The molecule has 0 saturated carbocycles. The first kappa shape index (κ1) is 16.4. The van der Waals surface area contributed by atoms with Gasteiger partial charge in [0.2, 0.25) is 5.91 Å². The van der Waals surface area contributed by atoms with Gasteiger partial charge < -0.3 is 5.32 Å². The van der Waals surface area contributed by atoms with E-state index in [2.05, 4.69) is 10.4 Å². The molecule has 1 N–H and O–H groups in total. The number of halogens is 4. The van der Waals surface area contributed by atoms with Crippen molar-refractivity contribution < 1.29 is 18.0 Å². The Bertz CT molecular complexity index is 710. The van der Waals surface area contributed by atoms with Crippen LogP contribution in [0, 0.1) is 6.92 Å². The average Bonchev–Trinajstić information content (AvgIpc) is 2.69. The summed E-state index contributed by atoms with van der Waals surface area (Å²) in [6, 6.07) is 4.51. The summed E-state index contributed by atoms with van der Waals surface area (Å²) in [5.74, 6) is -0.468. The molecular weight excluding hydrogens is 319 g/mol. The Morgan fingerprint density at radius 2 is 2.05 bits per heavy atom. The maximum Gasteiger partial charge on any atom is 0.416 e. The molecule has 0 aliphatic rings. The molecular formula is C14H13ClF3N3O. The Morgan fingerprint density at radius 1 is 1.36 bits per heavy atom. The van der Waals surface area contributed by atoms with Gasteiger partial charge in [-0.1, -0.05) is 11.6 Å². The molecule has 0 fully saturated rings. The van der Waals surface area contributed by atoms with Gasteiger partial charge >= 0.3 is 6.18 Å². The second-order valence-corrected chi connectivity index (χ2v) is 5.23. The molecule has 0 aliphatic heterocycles. The molecule has 0 atom stereocenters. The number of aryl methyl sites for hydroxylation is 2. The molecule has 1 amide bonds. The number of carbonyl (C=O) groups excluding carboxylic acids is 1. The number of hydrogen-bond donors (Lipinski definition) is 1. The molecule has 2 aromatic rings. The van der Waals surface area contributed by atoms with E-state index >= 15 is 0 Å². The fourth-order valence-electron chi connectivity index (χ4n) is 1.99. The Balaban J connectivity index is 2.16. The van der Waals surface area contributed by atoms with Gasteiger partial charge in [0.05, 0.1) is 28.4 Å². The van der Waals surface area contributed by atoms with E-state index in [9.17, 15) is 18.0 Å². The van der Waals surface area contributed by atoms with Gasteiger partial charge in [0.15, 0.2) is 0 Å². The average molecular weight is 332 g/mol. The minimum Gasteiger partial charge on any atom is -0.324 e. The SMILES string of the molecule is Cc1cc(CC(=O)Nc2cc(C(F)(F)F)ccc2Cl)n(C)n1. The maximum atomic E-state index is 12.7. The molecule has 4 nitrogen and oxygen atoms in total. The molecule has 0 saturated heterocycles. The molecule has 1 aromatic heterocycles. The molecule has 1 heterocycles. The van der Waals surface area contributed by atoms with E-state index in [1.54, 1.807) is 24.7 Å². The van der Waals surface area contributed by atoms with Crippen molar-refractivity contribution in [1.82, 2.24) is 9.78 Å². The molecule has 0 spiro atoms. The summed E-state index contributed by atoms with van der Waals surface area (Å²) in [7, 11) is 1.69. The predicted octanol–water partition coefficient (Wildman–Crippen LogP) is 3.58. The van der Waals surface area contributed by atoms with Crippen LogP contribution in [-0.2, 0) is 24.4 Å². The van der Waals surface area contributed by atoms with Crippen LogP contribution in [0.5, 0.6) is 0 Å². The Kier molecular flexibility index (Phi) is 4.46. The maximum absolute atomic E-state index is 12.7. The number of amides is 1. The summed E-state index contributed by atoms with van der Waals surface area (Å²) in [5.41, 5.74) is 0.462. The standard InChI is InChI=1S/C14H13ClF3N3O/c1-8-5-10(21(2)20-8)7-13(22)19-12-6-9(14(16,17)18)3-4-11(12)15/h3-6H,7H2,1-2H3,(H,19,22). The minimum absolute atomic E-state index is 0.0100. The monoisotopic (exact) mass is 331 g/mol. The van der Waals surface area contributed by atoms with Crippen LogP contribution in [0.3, 0.4) is 0 Å². The van der Waals surface area contributed by atoms with Crippen LogP contribution in [-0.4, -0.2) is 15.7 Å². The molecule has 22 heavy (non-hydrogen) atoms. The number of alkyl halides is 3. The highest BCUT2D eigenvalue weighted by molar-refractivity contribution is 6.33. The number of benzene rings is 1. The van der Waals surface area contributed by atoms with Crippen LogP contribution in [0.1, 0.15) is 17.0 Å². The van der Waals surface area contributed by atoms with Crippen molar-refractivity contribution in [2.75, 3.05) is 5.32 Å². The van der Waals surface area contributed by atoms with Crippen LogP contribution >= 0.6 is 11.6 Å². The lowest BCUT2D eigenvalue weighted by Gasteiger charge is -2.11. The zero-order valence-corrected chi connectivity index (χ0v) is 12.6. The Morgan fingerprint density at radius 3 is 2.59 bits per heavy atom. The van der Waals surface area contributed by atoms with Crippen molar-refractivity contribution in [3.05, 3.63) is 46.2 Å². The van der Waals surface area contributed by atoms with Gasteiger partial charge in [-0.3, -0.25) is 9.48 Å². The number of rotatable bonds is 3. The van der Waals surface area contributed by atoms with E-state index in [1.165, 1.54) is 0 Å². The second-order valence-electron chi connectivity index (χ2n) is 4.82. The predicted molar refractivity (Wildman–Crippen MR) is 76.7 cm³/mol. The Labute approximate surface area is 129 Å². The molecule has 8 heteroatoms. The first-order valence-corrected chi connectivity index (χ1v) is 6.70. The first-order chi connectivity index (χ1) is 10.2. The minimum atomic E-state index is -4.50. The molecule has 2 rings (SSSR count). The number of nitrogens with zero attached hydrogens (tertiary/aromatic N) is 2.